The summed E-state index contributed by atoms with van der Waals surface area (Å²) in [7, 11) is 0. The minimum Gasteiger partial charge on any atom is -0.465 e. The van der Waals surface area contributed by atoms with Crippen molar-refractivity contribution >= 4 is 12.0 Å². The smallest absolute Gasteiger partial charge is 0.414 e. The lowest BCUT2D eigenvalue weighted by molar-refractivity contribution is -0.124. The van der Waals surface area contributed by atoms with Crippen molar-refractivity contribution in [2.45, 2.75) is 20.8 Å². The largest absolute Gasteiger partial charge is 0.465 e. The van der Waals surface area contributed by atoms with Gasteiger partial charge in [-0.2, -0.15) is 0 Å². The first-order chi connectivity index (χ1) is 9.19. The van der Waals surface area contributed by atoms with Gasteiger partial charge in [0.15, 0.2) is 0 Å². The van der Waals surface area contributed by atoms with Gasteiger partial charge in [-0.25, -0.2) is 14.1 Å². The molecule has 0 spiro atoms. The molecule has 2 amide bonds. The summed E-state index contributed by atoms with van der Waals surface area (Å²) in [6.07, 6.45) is -1.33. The first-order valence-electron chi connectivity index (χ1n) is 6.01. The number of hydrogen-bond acceptors (Lipinski definition) is 2. The number of carbonyl (C=O) groups is 2. The van der Waals surface area contributed by atoms with Crippen molar-refractivity contribution in [3.63, 3.8) is 0 Å². The molecule has 1 aromatic rings. The van der Waals surface area contributed by atoms with Crippen molar-refractivity contribution in [1.29, 1.82) is 0 Å². The summed E-state index contributed by atoms with van der Waals surface area (Å²) in [5.41, 5.74) is 0.0897. The average molecular weight is 277 g/mol. The van der Waals surface area contributed by atoms with Crippen LogP contribution in [0.15, 0.2) is 24.3 Å². The maximum absolute atomic E-state index is 12.7. The van der Waals surface area contributed by atoms with E-state index in [4.69, 9.17) is 5.11 Å². The minimum atomic E-state index is -1.33. The van der Waals surface area contributed by atoms with Gasteiger partial charge < -0.3 is 5.11 Å². The van der Waals surface area contributed by atoms with E-state index in [1.54, 1.807) is 0 Å². The van der Waals surface area contributed by atoms with Gasteiger partial charge in [-0.1, -0.05) is 26.7 Å². The molecule has 0 aliphatic rings. The molecule has 1 N–H and O–H groups in total. The zero-order valence-corrected chi connectivity index (χ0v) is 11.6. The molecular weight excluding hydrogens is 261 g/mol. The lowest BCUT2D eigenvalue weighted by atomic mass is 9.96. The quantitative estimate of drug-likeness (QED) is 0.803. The fourth-order valence-corrected chi connectivity index (χ4v) is 1.43. The fourth-order valence-electron chi connectivity index (χ4n) is 1.43. The lowest BCUT2D eigenvalue weighted by Crippen LogP contribution is -2.40. The van der Waals surface area contributed by atoms with Gasteiger partial charge in [-0.05, 0) is 29.7 Å². The van der Waals surface area contributed by atoms with E-state index in [1.807, 2.05) is 20.8 Å². The van der Waals surface area contributed by atoms with E-state index in [1.165, 1.54) is 24.3 Å². The highest BCUT2D eigenvalue weighted by Crippen LogP contribution is 2.15. The van der Waals surface area contributed by atoms with Gasteiger partial charge in [0.1, 0.15) is 5.82 Å². The van der Waals surface area contributed by atoms with E-state index in [-0.39, 0.29) is 12.0 Å². The van der Waals surface area contributed by atoms with Crippen molar-refractivity contribution in [3.05, 3.63) is 35.6 Å². The number of imide groups is 1. The van der Waals surface area contributed by atoms with Crippen LogP contribution in [0.3, 0.4) is 0 Å². The molecular formula is C15H16FNO3. The molecule has 0 aliphatic heterocycles. The van der Waals surface area contributed by atoms with Gasteiger partial charge in [-0.3, -0.25) is 4.79 Å². The van der Waals surface area contributed by atoms with Gasteiger partial charge in [0.2, 0.25) is 0 Å². The molecule has 0 fully saturated rings. The van der Waals surface area contributed by atoms with Crippen LogP contribution in [0.2, 0.25) is 0 Å². The Morgan fingerprint density at radius 2 is 1.80 bits per heavy atom. The number of hydrogen-bond donors (Lipinski definition) is 1. The number of carbonyl (C=O) groups excluding carboxylic acids is 1. The topological polar surface area (TPSA) is 57.6 Å². The number of nitrogens with zero attached hydrogens (tertiary/aromatic N) is 1. The molecule has 0 saturated carbocycles. The fraction of sp³-hybridized carbons (Fsp3) is 0.333. The third-order valence-corrected chi connectivity index (χ3v) is 2.27. The van der Waals surface area contributed by atoms with Gasteiger partial charge in [-0.15, -0.1) is 0 Å². The highest BCUT2D eigenvalue weighted by Gasteiger charge is 2.25. The zero-order chi connectivity index (χ0) is 15.3. The molecule has 0 atom stereocenters. The number of rotatable bonds is 1. The van der Waals surface area contributed by atoms with Gasteiger partial charge in [0, 0.05) is 18.0 Å². The summed E-state index contributed by atoms with van der Waals surface area (Å²) >= 11 is 0. The Labute approximate surface area is 117 Å². The van der Waals surface area contributed by atoms with Gasteiger partial charge in [0.25, 0.3) is 0 Å². The Kier molecular flexibility index (Phi) is 4.87. The molecule has 0 heterocycles. The normalized spacial score (nSPS) is 10.4. The molecule has 4 nitrogen and oxygen atoms in total. The van der Waals surface area contributed by atoms with Crippen LogP contribution >= 0.6 is 0 Å². The summed E-state index contributed by atoms with van der Waals surface area (Å²) in [6.45, 7) is 5.52. The molecule has 0 saturated heterocycles. The Balaban J connectivity index is 2.87. The predicted octanol–water partition coefficient (Wildman–Crippen LogP) is 2.73. The third kappa shape index (κ3) is 5.11. The molecule has 20 heavy (non-hydrogen) atoms. The third-order valence-electron chi connectivity index (χ3n) is 2.27. The van der Waals surface area contributed by atoms with E-state index in [0.717, 1.165) is 0 Å². The van der Waals surface area contributed by atoms with E-state index in [9.17, 15) is 14.0 Å². The Bertz CT molecular complexity index is 562. The lowest BCUT2D eigenvalue weighted by Gasteiger charge is -2.24. The Hall–Kier alpha value is -2.35. The standard InChI is InChI=1S/C15H16FNO3/c1-15(2,3)10-17(14(19)20)13(18)9-6-11-4-7-12(16)8-5-11/h4-5,7-8H,10H2,1-3H3,(H,19,20). The van der Waals surface area contributed by atoms with Crippen molar-refractivity contribution in [3.8, 4) is 11.8 Å². The van der Waals surface area contributed by atoms with Gasteiger partial charge in [0.05, 0.1) is 0 Å². The molecule has 1 aromatic carbocycles. The van der Waals surface area contributed by atoms with Crippen LogP contribution in [-0.2, 0) is 4.79 Å². The number of benzene rings is 1. The molecule has 0 bridgehead atoms. The molecule has 0 radical (unpaired) electrons. The Morgan fingerprint density at radius 1 is 1.25 bits per heavy atom. The second kappa shape index (κ2) is 6.20. The molecule has 0 unspecified atom stereocenters. The maximum Gasteiger partial charge on any atom is 0.414 e. The van der Waals surface area contributed by atoms with Crippen molar-refractivity contribution < 1.29 is 19.1 Å². The highest BCUT2D eigenvalue weighted by molar-refractivity contribution is 6.02. The minimum absolute atomic E-state index is 0.0548. The van der Waals surface area contributed by atoms with Crippen molar-refractivity contribution in [1.82, 2.24) is 4.90 Å². The first-order valence-corrected chi connectivity index (χ1v) is 6.01. The molecule has 0 aliphatic carbocycles. The molecule has 5 heteroatoms. The van der Waals surface area contributed by atoms with Crippen LogP contribution in [0, 0.1) is 23.1 Å². The monoisotopic (exact) mass is 277 g/mol. The van der Waals surface area contributed by atoms with Crippen LogP contribution < -0.4 is 0 Å². The SMILES string of the molecule is CC(C)(C)CN(C(=O)O)C(=O)C#Cc1ccc(F)cc1. The van der Waals surface area contributed by atoms with Crippen molar-refractivity contribution in [2.75, 3.05) is 6.54 Å². The van der Waals surface area contributed by atoms with Crippen molar-refractivity contribution in [2.24, 2.45) is 5.41 Å². The number of amides is 2. The highest BCUT2D eigenvalue weighted by atomic mass is 19.1. The molecule has 0 aromatic heterocycles. The first kappa shape index (κ1) is 15.7. The summed E-state index contributed by atoms with van der Waals surface area (Å²) < 4.78 is 12.7. The molecule has 106 valence electrons. The van der Waals surface area contributed by atoms with Gasteiger partial charge >= 0.3 is 12.0 Å². The van der Waals surface area contributed by atoms with Crippen LogP contribution in [-0.4, -0.2) is 28.6 Å². The van der Waals surface area contributed by atoms with E-state index in [2.05, 4.69) is 11.8 Å². The van der Waals surface area contributed by atoms with E-state index < -0.39 is 17.8 Å². The summed E-state index contributed by atoms with van der Waals surface area (Å²) in [5.74, 6) is 3.58. The van der Waals surface area contributed by atoms with Crippen LogP contribution in [0.25, 0.3) is 0 Å². The summed E-state index contributed by atoms with van der Waals surface area (Å²) in [6, 6.07) is 5.28. The van der Waals surface area contributed by atoms with E-state index in [0.29, 0.717) is 10.5 Å². The summed E-state index contributed by atoms with van der Waals surface area (Å²) in [4.78, 5) is 23.5. The second-order valence-electron chi connectivity index (χ2n) is 5.49. The zero-order valence-electron chi connectivity index (χ0n) is 11.6. The van der Waals surface area contributed by atoms with Crippen LogP contribution in [0.1, 0.15) is 26.3 Å². The van der Waals surface area contributed by atoms with E-state index >= 15 is 0 Å². The summed E-state index contributed by atoms with van der Waals surface area (Å²) in [5, 5.41) is 9.03. The number of carboxylic acid groups (broad SMARTS) is 1. The molecule has 1 rings (SSSR count). The van der Waals surface area contributed by atoms with Crippen LogP contribution in [0.4, 0.5) is 9.18 Å². The van der Waals surface area contributed by atoms with Crippen LogP contribution in [0.5, 0.6) is 0 Å². The Morgan fingerprint density at radius 3 is 2.25 bits per heavy atom. The number of halogens is 1. The maximum atomic E-state index is 12.7. The second-order valence-corrected chi connectivity index (χ2v) is 5.49. The average Bonchev–Trinajstić information content (AvgIpc) is 2.33. The predicted molar refractivity (Wildman–Crippen MR) is 72.5 cm³/mol.